The van der Waals surface area contributed by atoms with Gasteiger partial charge in [0.25, 0.3) is 0 Å². The third-order valence-corrected chi connectivity index (χ3v) is 2.52. The molecule has 0 atom stereocenters. The average molecular weight is 195 g/mol. The van der Waals surface area contributed by atoms with Gasteiger partial charge in [0, 0.05) is 6.54 Å². The molecule has 0 spiro atoms. The lowest BCUT2D eigenvalue weighted by Gasteiger charge is -2.04. The smallest absolute Gasteiger partial charge is 0.129 e. The van der Waals surface area contributed by atoms with Gasteiger partial charge in [-0.25, -0.2) is 0 Å². The maximum absolute atomic E-state index is 9.50. The minimum absolute atomic E-state index is 0.326. The van der Waals surface area contributed by atoms with Crippen molar-refractivity contribution in [2.45, 2.75) is 4.90 Å². The molecular formula is C10H13NOS. The standard InChI is InChI=1S/C10H13NOS/c1-13-10-8(5-3-7-11)4-2-6-9(10)12/h2-6,12H,7,11H2,1H3/b5-3+. The molecule has 70 valence electrons. The molecule has 0 aliphatic rings. The van der Waals surface area contributed by atoms with Gasteiger partial charge in [0.2, 0.25) is 0 Å². The summed E-state index contributed by atoms with van der Waals surface area (Å²) >= 11 is 1.53. The van der Waals surface area contributed by atoms with Crippen LogP contribution in [0.1, 0.15) is 5.56 Å². The van der Waals surface area contributed by atoms with Crippen LogP contribution in [0, 0.1) is 0 Å². The predicted molar refractivity (Wildman–Crippen MR) is 58.0 cm³/mol. The van der Waals surface area contributed by atoms with Crippen LogP contribution in [0.3, 0.4) is 0 Å². The van der Waals surface area contributed by atoms with E-state index in [9.17, 15) is 5.11 Å². The second-order valence-electron chi connectivity index (χ2n) is 2.54. The van der Waals surface area contributed by atoms with E-state index in [1.807, 2.05) is 30.5 Å². The lowest BCUT2D eigenvalue weighted by Crippen LogP contribution is -1.92. The van der Waals surface area contributed by atoms with Gasteiger partial charge in [-0.05, 0) is 17.9 Å². The van der Waals surface area contributed by atoms with Crippen molar-refractivity contribution in [2.24, 2.45) is 5.73 Å². The van der Waals surface area contributed by atoms with E-state index in [2.05, 4.69) is 0 Å². The highest BCUT2D eigenvalue weighted by atomic mass is 32.2. The van der Waals surface area contributed by atoms with Crippen LogP contribution in [0.5, 0.6) is 5.75 Å². The molecule has 0 unspecified atom stereocenters. The van der Waals surface area contributed by atoms with Gasteiger partial charge in [-0.15, -0.1) is 11.8 Å². The van der Waals surface area contributed by atoms with E-state index in [0.717, 1.165) is 10.5 Å². The largest absolute Gasteiger partial charge is 0.507 e. The Balaban J connectivity index is 3.05. The van der Waals surface area contributed by atoms with E-state index >= 15 is 0 Å². The summed E-state index contributed by atoms with van der Waals surface area (Å²) < 4.78 is 0. The van der Waals surface area contributed by atoms with E-state index in [0.29, 0.717) is 12.3 Å². The Morgan fingerprint density at radius 3 is 2.92 bits per heavy atom. The van der Waals surface area contributed by atoms with Crippen molar-refractivity contribution in [2.75, 3.05) is 12.8 Å². The highest BCUT2D eigenvalue weighted by Gasteiger charge is 2.02. The summed E-state index contributed by atoms with van der Waals surface area (Å²) in [5.41, 5.74) is 6.36. The fourth-order valence-corrected chi connectivity index (χ4v) is 1.74. The van der Waals surface area contributed by atoms with Gasteiger partial charge in [-0.1, -0.05) is 24.3 Å². The van der Waals surface area contributed by atoms with Crippen LogP contribution in [-0.4, -0.2) is 17.9 Å². The Kier molecular flexibility index (Phi) is 3.86. The molecule has 1 aromatic carbocycles. The zero-order valence-corrected chi connectivity index (χ0v) is 8.34. The van der Waals surface area contributed by atoms with Gasteiger partial charge in [-0.2, -0.15) is 0 Å². The van der Waals surface area contributed by atoms with Crippen LogP contribution in [0.2, 0.25) is 0 Å². The molecule has 0 saturated heterocycles. The van der Waals surface area contributed by atoms with Gasteiger partial charge < -0.3 is 10.8 Å². The zero-order valence-electron chi connectivity index (χ0n) is 7.53. The molecule has 0 fully saturated rings. The van der Waals surface area contributed by atoms with Crippen molar-refractivity contribution < 1.29 is 5.11 Å². The molecule has 0 aliphatic carbocycles. The second-order valence-corrected chi connectivity index (χ2v) is 3.35. The maximum Gasteiger partial charge on any atom is 0.129 e. The Labute approximate surface area is 82.5 Å². The summed E-state index contributed by atoms with van der Waals surface area (Å²) in [5.74, 6) is 0.326. The zero-order chi connectivity index (χ0) is 9.68. The molecule has 0 aromatic heterocycles. The summed E-state index contributed by atoms with van der Waals surface area (Å²) in [5, 5.41) is 9.50. The number of aromatic hydroxyl groups is 1. The molecule has 1 aromatic rings. The molecule has 1 rings (SSSR count). The Bertz CT molecular complexity index is 310. The van der Waals surface area contributed by atoms with E-state index in [-0.39, 0.29) is 0 Å². The van der Waals surface area contributed by atoms with Gasteiger partial charge in [0.15, 0.2) is 0 Å². The number of rotatable bonds is 3. The normalized spacial score (nSPS) is 10.9. The van der Waals surface area contributed by atoms with Gasteiger partial charge in [0.1, 0.15) is 5.75 Å². The first-order valence-corrected chi connectivity index (χ1v) is 5.24. The third-order valence-electron chi connectivity index (χ3n) is 1.66. The van der Waals surface area contributed by atoms with Crippen molar-refractivity contribution in [1.29, 1.82) is 0 Å². The fraction of sp³-hybridized carbons (Fsp3) is 0.200. The molecule has 3 N–H and O–H groups in total. The lowest BCUT2D eigenvalue weighted by atomic mass is 10.2. The van der Waals surface area contributed by atoms with Crippen LogP contribution in [-0.2, 0) is 0 Å². The predicted octanol–water partition coefficient (Wildman–Crippen LogP) is 2.09. The first-order valence-electron chi connectivity index (χ1n) is 4.02. The minimum Gasteiger partial charge on any atom is -0.507 e. The van der Waals surface area contributed by atoms with Crippen molar-refractivity contribution >= 4 is 17.8 Å². The molecular weight excluding hydrogens is 182 g/mol. The fourth-order valence-electron chi connectivity index (χ4n) is 1.09. The van der Waals surface area contributed by atoms with Crippen LogP contribution in [0.4, 0.5) is 0 Å². The lowest BCUT2D eigenvalue weighted by molar-refractivity contribution is 0.462. The monoisotopic (exact) mass is 195 g/mol. The van der Waals surface area contributed by atoms with Crippen LogP contribution < -0.4 is 5.73 Å². The van der Waals surface area contributed by atoms with Crippen LogP contribution in [0.25, 0.3) is 6.08 Å². The highest BCUT2D eigenvalue weighted by molar-refractivity contribution is 7.98. The first-order chi connectivity index (χ1) is 6.29. The maximum atomic E-state index is 9.50. The van der Waals surface area contributed by atoms with Crippen molar-refractivity contribution in [3.05, 3.63) is 29.8 Å². The quantitative estimate of drug-likeness (QED) is 0.726. The first kappa shape index (κ1) is 10.2. The molecule has 13 heavy (non-hydrogen) atoms. The highest BCUT2D eigenvalue weighted by Crippen LogP contribution is 2.30. The molecule has 0 aliphatic heterocycles. The van der Waals surface area contributed by atoms with Crippen molar-refractivity contribution in [1.82, 2.24) is 0 Å². The molecule has 3 heteroatoms. The summed E-state index contributed by atoms with van der Waals surface area (Å²) in [4.78, 5) is 0.896. The van der Waals surface area contributed by atoms with Gasteiger partial charge >= 0.3 is 0 Å². The molecule has 2 nitrogen and oxygen atoms in total. The number of phenolic OH excluding ortho intramolecular Hbond substituents is 1. The van der Waals surface area contributed by atoms with Crippen LogP contribution in [0.15, 0.2) is 29.2 Å². The molecule has 0 radical (unpaired) electrons. The molecule has 0 heterocycles. The van der Waals surface area contributed by atoms with Crippen molar-refractivity contribution in [3.8, 4) is 5.75 Å². The number of benzene rings is 1. The number of nitrogens with two attached hydrogens (primary N) is 1. The van der Waals surface area contributed by atoms with E-state index in [1.165, 1.54) is 11.8 Å². The summed E-state index contributed by atoms with van der Waals surface area (Å²) in [7, 11) is 0. The Morgan fingerprint density at radius 1 is 1.54 bits per heavy atom. The number of hydrogen-bond donors (Lipinski definition) is 2. The van der Waals surface area contributed by atoms with E-state index in [1.54, 1.807) is 6.07 Å². The topological polar surface area (TPSA) is 46.2 Å². The molecule has 0 amide bonds. The molecule has 0 saturated carbocycles. The summed E-state index contributed by atoms with van der Waals surface area (Å²) in [6, 6.07) is 5.47. The number of hydrogen-bond acceptors (Lipinski definition) is 3. The van der Waals surface area contributed by atoms with E-state index < -0.39 is 0 Å². The minimum atomic E-state index is 0.326. The summed E-state index contributed by atoms with van der Waals surface area (Å²) in [6.07, 6.45) is 5.73. The Morgan fingerprint density at radius 2 is 2.31 bits per heavy atom. The second kappa shape index (κ2) is 4.94. The number of thioether (sulfide) groups is 1. The number of phenols is 1. The van der Waals surface area contributed by atoms with Crippen LogP contribution >= 0.6 is 11.8 Å². The van der Waals surface area contributed by atoms with Gasteiger partial charge in [-0.3, -0.25) is 0 Å². The van der Waals surface area contributed by atoms with E-state index in [4.69, 9.17) is 5.73 Å². The third kappa shape index (κ3) is 2.50. The van der Waals surface area contributed by atoms with Gasteiger partial charge in [0.05, 0.1) is 4.90 Å². The summed E-state index contributed by atoms with van der Waals surface area (Å²) in [6.45, 7) is 0.517. The SMILES string of the molecule is CSc1c(O)cccc1/C=C/CN. The average Bonchev–Trinajstić information content (AvgIpc) is 2.15. The van der Waals surface area contributed by atoms with Crippen molar-refractivity contribution in [3.63, 3.8) is 0 Å². The molecule has 0 bridgehead atoms. The Hall–Kier alpha value is -0.930.